The highest BCUT2D eigenvalue weighted by molar-refractivity contribution is 6.74. The van der Waals surface area contributed by atoms with E-state index >= 15 is 0 Å². The van der Waals surface area contributed by atoms with Crippen molar-refractivity contribution < 1.29 is 24.0 Å². The molecule has 0 radical (unpaired) electrons. The first-order valence-corrected chi connectivity index (χ1v) is 14.4. The molecule has 0 spiro atoms. The number of carbonyl (C=O) groups excluding carboxylic acids is 3. The van der Waals surface area contributed by atoms with Gasteiger partial charge in [0, 0.05) is 30.1 Å². The van der Waals surface area contributed by atoms with Gasteiger partial charge in [0.2, 0.25) is 11.8 Å². The number of para-hydroxylation sites is 1. The van der Waals surface area contributed by atoms with Crippen molar-refractivity contribution in [2.45, 2.75) is 45.3 Å². The third-order valence-electron chi connectivity index (χ3n) is 6.03. The smallest absolute Gasteiger partial charge is 0.267 e. The van der Waals surface area contributed by atoms with Crippen molar-refractivity contribution in [3.8, 4) is 0 Å². The van der Waals surface area contributed by atoms with Gasteiger partial charge in [0.15, 0.2) is 8.32 Å². The van der Waals surface area contributed by atoms with Crippen LogP contribution >= 0.6 is 0 Å². The maximum atomic E-state index is 13.3. The second-order valence-corrected chi connectivity index (χ2v) is 14.5. The fourth-order valence-corrected chi connectivity index (χ4v) is 4.00. The first kappa shape index (κ1) is 28.0. The molecule has 0 aliphatic carbocycles. The fourth-order valence-electron chi connectivity index (χ4n) is 2.96. The Kier molecular flexibility index (Phi) is 9.94. The molecule has 35 heavy (non-hydrogen) atoms. The van der Waals surface area contributed by atoms with Crippen molar-refractivity contribution in [2.24, 2.45) is 0 Å². The van der Waals surface area contributed by atoms with Gasteiger partial charge in [-0.1, -0.05) is 51.1 Å². The zero-order valence-corrected chi connectivity index (χ0v) is 22.0. The highest BCUT2D eigenvalue weighted by Gasteiger charge is 2.37. The van der Waals surface area contributed by atoms with Gasteiger partial charge in [0.25, 0.3) is 5.91 Å². The second kappa shape index (κ2) is 12.4. The molecular formula is C26H35N3O5Si. The average molecular weight is 498 g/mol. The van der Waals surface area contributed by atoms with E-state index in [4.69, 9.17) is 9.63 Å². The molecule has 0 aromatic heterocycles. The lowest BCUT2D eigenvalue weighted by Crippen LogP contribution is -2.44. The third kappa shape index (κ3) is 8.78. The molecule has 9 heteroatoms. The van der Waals surface area contributed by atoms with Crippen LogP contribution in [-0.2, 0) is 25.2 Å². The number of amides is 3. The topological polar surface area (TPSA) is 108 Å². The summed E-state index contributed by atoms with van der Waals surface area (Å²) >= 11 is 0. The number of anilines is 2. The standard InChI is InChI=1S/C26H35N3O5Si/c1-26(2,3)35(4,5)34-18-17-29(22-9-7-6-8-10-22)25(32)19-20-11-13-21(14-12-20)27-23(30)15-16-24(31)28-33/h6-16,33H,17-19H2,1-5H3,(H,27,30)(H,28,31)/b16-15+. The van der Waals surface area contributed by atoms with Crippen LogP contribution in [-0.4, -0.2) is 44.4 Å². The lowest BCUT2D eigenvalue weighted by molar-refractivity contribution is -0.124. The molecule has 8 nitrogen and oxygen atoms in total. The number of benzene rings is 2. The predicted molar refractivity (Wildman–Crippen MR) is 140 cm³/mol. The summed E-state index contributed by atoms with van der Waals surface area (Å²) in [5, 5.41) is 11.1. The van der Waals surface area contributed by atoms with Gasteiger partial charge in [0.1, 0.15) is 0 Å². The number of rotatable bonds is 10. The quantitative estimate of drug-likeness (QED) is 0.196. The molecule has 2 aromatic rings. The summed E-state index contributed by atoms with van der Waals surface area (Å²) in [7, 11) is -1.93. The minimum Gasteiger partial charge on any atom is -0.415 e. The molecule has 3 N–H and O–H groups in total. The fraction of sp³-hybridized carbons (Fsp3) is 0.346. The monoisotopic (exact) mass is 497 g/mol. The molecule has 188 valence electrons. The first-order chi connectivity index (χ1) is 16.4. The van der Waals surface area contributed by atoms with Crippen LogP contribution in [0.3, 0.4) is 0 Å². The zero-order valence-electron chi connectivity index (χ0n) is 21.0. The van der Waals surface area contributed by atoms with E-state index in [1.54, 1.807) is 29.2 Å². The molecule has 0 aliphatic heterocycles. The van der Waals surface area contributed by atoms with Crippen LogP contribution in [0.4, 0.5) is 11.4 Å². The minimum absolute atomic E-state index is 0.0511. The molecule has 0 saturated carbocycles. The number of hydrogen-bond acceptors (Lipinski definition) is 5. The van der Waals surface area contributed by atoms with Crippen LogP contribution < -0.4 is 15.7 Å². The number of nitrogens with zero attached hydrogens (tertiary/aromatic N) is 1. The number of nitrogens with one attached hydrogen (secondary N) is 2. The van der Waals surface area contributed by atoms with Gasteiger partial charge in [-0.05, 0) is 48.0 Å². The third-order valence-corrected chi connectivity index (χ3v) is 10.6. The van der Waals surface area contributed by atoms with Crippen molar-refractivity contribution in [3.05, 3.63) is 72.3 Å². The van der Waals surface area contributed by atoms with Crippen LogP contribution in [0.1, 0.15) is 26.3 Å². The Balaban J connectivity index is 2.05. The van der Waals surface area contributed by atoms with Gasteiger partial charge in [-0.15, -0.1) is 0 Å². The molecule has 0 bridgehead atoms. The summed E-state index contributed by atoms with van der Waals surface area (Å²) in [5.74, 6) is -1.37. The van der Waals surface area contributed by atoms with Crippen LogP contribution in [0.2, 0.25) is 18.1 Å². The molecule has 2 aromatic carbocycles. The normalized spacial score (nSPS) is 11.8. The lowest BCUT2D eigenvalue weighted by atomic mass is 10.1. The molecule has 0 aliphatic rings. The van der Waals surface area contributed by atoms with Crippen molar-refractivity contribution >= 4 is 37.4 Å². The highest BCUT2D eigenvalue weighted by atomic mass is 28.4. The van der Waals surface area contributed by atoms with E-state index in [0.717, 1.165) is 23.4 Å². The first-order valence-electron chi connectivity index (χ1n) is 11.4. The summed E-state index contributed by atoms with van der Waals surface area (Å²) in [6.45, 7) is 11.9. The van der Waals surface area contributed by atoms with Gasteiger partial charge in [0.05, 0.1) is 13.0 Å². The van der Waals surface area contributed by atoms with Crippen LogP contribution in [0.25, 0.3) is 0 Å². The van der Waals surface area contributed by atoms with Crippen molar-refractivity contribution in [3.63, 3.8) is 0 Å². The van der Waals surface area contributed by atoms with Gasteiger partial charge in [-0.25, -0.2) is 5.48 Å². The van der Waals surface area contributed by atoms with E-state index < -0.39 is 20.1 Å². The highest BCUT2D eigenvalue weighted by Crippen LogP contribution is 2.36. The lowest BCUT2D eigenvalue weighted by Gasteiger charge is -2.36. The summed E-state index contributed by atoms with van der Waals surface area (Å²) in [6, 6.07) is 16.5. The van der Waals surface area contributed by atoms with Gasteiger partial charge < -0.3 is 14.6 Å². The Morgan fingerprint density at radius 2 is 1.57 bits per heavy atom. The van der Waals surface area contributed by atoms with Crippen LogP contribution in [0.5, 0.6) is 0 Å². The maximum absolute atomic E-state index is 13.3. The summed E-state index contributed by atoms with van der Waals surface area (Å²) in [5.41, 5.74) is 3.54. The minimum atomic E-state index is -1.93. The molecule has 0 unspecified atom stereocenters. The Hall–Kier alpha value is -3.27. The number of hydroxylamine groups is 1. The molecule has 0 saturated heterocycles. The van der Waals surface area contributed by atoms with Crippen molar-refractivity contribution in [1.82, 2.24) is 5.48 Å². The molecule has 3 amide bonds. The Bertz CT molecular complexity index is 1030. The predicted octanol–water partition coefficient (Wildman–Crippen LogP) is 4.28. The van der Waals surface area contributed by atoms with Crippen LogP contribution in [0.15, 0.2) is 66.7 Å². The Labute approximate surface area is 208 Å². The second-order valence-electron chi connectivity index (χ2n) is 9.66. The molecule has 0 atom stereocenters. The summed E-state index contributed by atoms with van der Waals surface area (Å²) in [6.07, 6.45) is 2.11. The van der Waals surface area contributed by atoms with E-state index in [9.17, 15) is 14.4 Å². The number of carbonyl (C=O) groups is 3. The molecular weight excluding hydrogens is 462 g/mol. The molecule has 0 fully saturated rings. The van der Waals surface area contributed by atoms with Gasteiger partial charge in [-0.2, -0.15) is 0 Å². The van der Waals surface area contributed by atoms with Crippen molar-refractivity contribution in [1.29, 1.82) is 0 Å². The largest absolute Gasteiger partial charge is 0.415 e. The van der Waals surface area contributed by atoms with E-state index in [1.165, 1.54) is 5.48 Å². The molecule has 0 heterocycles. The number of hydrogen-bond donors (Lipinski definition) is 3. The Morgan fingerprint density at radius 3 is 2.14 bits per heavy atom. The SMILES string of the molecule is CC(C)(C)[Si](C)(C)OCCN(C(=O)Cc1ccc(NC(=O)/C=C/C(=O)NO)cc1)c1ccccc1. The Morgan fingerprint density at radius 1 is 0.971 bits per heavy atom. The van der Waals surface area contributed by atoms with Crippen molar-refractivity contribution in [2.75, 3.05) is 23.4 Å². The molecule has 2 rings (SSSR count). The maximum Gasteiger partial charge on any atom is 0.267 e. The average Bonchev–Trinajstić information content (AvgIpc) is 2.81. The van der Waals surface area contributed by atoms with Gasteiger partial charge in [-0.3, -0.25) is 19.6 Å². The zero-order chi connectivity index (χ0) is 26.1. The van der Waals surface area contributed by atoms with E-state index in [1.807, 2.05) is 30.3 Å². The van der Waals surface area contributed by atoms with Crippen LogP contribution in [0, 0.1) is 0 Å². The summed E-state index contributed by atoms with van der Waals surface area (Å²) in [4.78, 5) is 37.8. The van der Waals surface area contributed by atoms with E-state index in [0.29, 0.717) is 18.8 Å². The summed E-state index contributed by atoms with van der Waals surface area (Å²) < 4.78 is 6.30. The van der Waals surface area contributed by atoms with Gasteiger partial charge >= 0.3 is 0 Å². The van der Waals surface area contributed by atoms with E-state index in [-0.39, 0.29) is 17.4 Å². The van der Waals surface area contributed by atoms with E-state index in [2.05, 4.69) is 39.2 Å².